The maximum absolute atomic E-state index is 11.3. The van der Waals surface area contributed by atoms with Crippen molar-refractivity contribution in [1.29, 1.82) is 0 Å². The largest absolute Gasteiger partial charge is 0.465 e. The molecule has 0 aliphatic rings. The highest BCUT2D eigenvalue weighted by Crippen LogP contribution is 2.19. The molecule has 0 radical (unpaired) electrons. The number of ether oxygens (including phenoxy) is 2. The minimum atomic E-state index is -0.573. The summed E-state index contributed by atoms with van der Waals surface area (Å²) in [6, 6.07) is 6.36. The molecule has 4 heteroatoms. The molecule has 0 amide bonds. The van der Waals surface area contributed by atoms with E-state index in [0.29, 0.717) is 0 Å². The van der Waals surface area contributed by atoms with Gasteiger partial charge in [0.15, 0.2) is 0 Å². The van der Waals surface area contributed by atoms with Crippen molar-refractivity contribution >= 4 is 11.9 Å². The van der Waals surface area contributed by atoms with E-state index in [4.69, 9.17) is 4.74 Å². The molecule has 0 fully saturated rings. The van der Waals surface area contributed by atoms with Gasteiger partial charge in [-0.15, -0.1) is 0 Å². The Morgan fingerprint density at radius 3 is 2.44 bits per heavy atom. The number of rotatable bonds is 3. The predicted molar refractivity (Wildman–Crippen MR) is 58.2 cm³/mol. The Labute approximate surface area is 93.5 Å². The molecule has 84 valence electrons. The lowest BCUT2D eigenvalue weighted by atomic mass is 10.2. The van der Waals surface area contributed by atoms with E-state index in [1.165, 1.54) is 26.2 Å². The third-order valence-electron chi connectivity index (χ3n) is 1.84. The lowest BCUT2D eigenvalue weighted by Gasteiger charge is -2.07. The fourth-order valence-corrected chi connectivity index (χ4v) is 1.02. The maximum atomic E-state index is 11.3. The van der Waals surface area contributed by atoms with Crippen molar-refractivity contribution in [2.24, 2.45) is 0 Å². The normalized spacial score (nSPS) is 9.38. The summed E-state index contributed by atoms with van der Waals surface area (Å²) in [5.74, 6) is -0.955. The van der Waals surface area contributed by atoms with Gasteiger partial charge in [0.05, 0.1) is 7.11 Å². The topological polar surface area (TPSA) is 52.6 Å². The second kappa shape index (κ2) is 5.11. The summed E-state index contributed by atoms with van der Waals surface area (Å²) >= 11 is 0. The molecule has 16 heavy (non-hydrogen) atoms. The van der Waals surface area contributed by atoms with Crippen molar-refractivity contribution in [2.45, 2.75) is 6.92 Å². The third-order valence-corrected chi connectivity index (χ3v) is 1.84. The Kier molecular flexibility index (Phi) is 3.83. The molecule has 1 rings (SSSR count). The average molecular weight is 220 g/mol. The van der Waals surface area contributed by atoms with Crippen LogP contribution >= 0.6 is 0 Å². The van der Waals surface area contributed by atoms with Gasteiger partial charge in [0.25, 0.3) is 0 Å². The van der Waals surface area contributed by atoms with Gasteiger partial charge in [-0.2, -0.15) is 0 Å². The average Bonchev–Trinajstić information content (AvgIpc) is 2.28. The van der Waals surface area contributed by atoms with E-state index in [1.807, 2.05) is 0 Å². The number of carbonyl (C=O) groups is 2. The number of esters is 2. The second-order valence-corrected chi connectivity index (χ2v) is 3.16. The molecule has 0 atom stereocenters. The minimum Gasteiger partial charge on any atom is -0.465 e. The zero-order valence-corrected chi connectivity index (χ0v) is 9.15. The number of benzene rings is 1. The number of carbonyl (C=O) groups excluding carboxylic acids is 2. The molecule has 0 N–H and O–H groups in total. The molecule has 0 aromatic heterocycles. The molecule has 0 unspecified atom stereocenters. The van der Waals surface area contributed by atoms with Crippen LogP contribution in [0.3, 0.4) is 0 Å². The van der Waals surface area contributed by atoms with Crippen molar-refractivity contribution in [3.05, 3.63) is 42.0 Å². The first-order valence-electron chi connectivity index (χ1n) is 4.61. The van der Waals surface area contributed by atoms with Crippen molar-refractivity contribution in [1.82, 2.24) is 0 Å². The fraction of sp³-hybridized carbons (Fsp3) is 0.167. The van der Waals surface area contributed by atoms with Crippen LogP contribution in [-0.4, -0.2) is 19.0 Å². The van der Waals surface area contributed by atoms with Gasteiger partial charge < -0.3 is 9.47 Å². The van der Waals surface area contributed by atoms with E-state index in [-0.39, 0.29) is 16.9 Å². The summed E-state index contributed by atoms with van der Waals surface area (Å²) in [5, 5.41) is 0. The molecule has 0 spiro atoms. The van der Waals surface area contributed by atoms with Crippen LogP contribution in [0.2, 0.25) is 0 Å². The Morgan fingerprint density at radius 2 is 1.88 bits per heavy atom. The standard InChI is InChI=1S/C12H12O4/c1-8(2)11(13)16-10-7-5-4-6-9(10)12(14)15-3/h4-7H,1H2,2-3H3. The van der Waals surface area contributed by atoms with Crippen LogP contribution in [0.5, 0.6) is 5.75 Å². The molecule has 0 aliphatic carbocycles. The van der Waals surface area contributed by atoms with Gasteiger partial charge in [-0.3, -0.25) is 0 Å². The molecule has 0 saturated carbocycles. The first-order valence-corrected chi connectivity index (χ1v) is 4.61. The van der Waals surface area contributed by atoms with Gasteiger partial charge in [-0.25, -0.2) is 9.59 Å². The van der Waals surface area contributed by atoms with Crippen LogP contribution in [0.4, 0.5) is 0 Å². The van der Waals surface area contributed by atoms with Gasteiger partial charge in [-0.1, -0.05) is 18.7 Å². The lowest BCUT2D eigenvalue weighted by Crippen LogP contribution is -2.12. The van der Waals surface area contributed by atoms with Crippen molar-refractivity contribution < 1.29 is 19.1 Å². The summed E-state index contributed by atoms with van der Waals surface area (Å²) < 4.78 is 9.56. The lowest BCUT2D eigenvalue weighted by molar-refractivity contribution is -0.130. The minimum absolute atomic E-state index is 0.169. The van der Waals surface area contributed by atoms with E-state index in [2.05, 4.69) is 11.3 Å². The highest BCUT2D eigenvalue weighted by atomic mass is 16.5. The fourth-order valence-electron chi connectivity index (χ4n) is 1.02. The third kappa shape index (κ3) is 2.70. The SMILES string of the molecule is C=C(C)C(=O)Oc1ccccc1C(=O)OC. The van der Waals surface area contributed by atoms with Gasteiger partial charge in [0.2, 0.25) is 0 Å². The maximum Gasteiger partial charge on any atom is 0.341 e. The Bertz CT molecular complexity index is 434. The molecule has 4 nitrogen and oxygen atoms in total. The summed E-state index contributed by atoms with van der Waals surface area (Å²) in [7, 11) is 1.26. The number of hydrogen-bond donors (Lipinski definition) is 0. The molecule has 1 aromatic carbocycles. The van der Waals surface area contributed by atoms with E-state index in [1.54, 1.807) is 12.1 Å². The van der Waals surface area contributed by atoms with E-state index < -0.39 is 11.9 Å². The van der Waals surface area contributed by atoms with Gasteiger partial charge in [0, 0.05) is 5.57 Å². The Balaban J connectivity index is 3.00. The van der Waals surface area contributed by atoms with E-state index in [0.717, 1.165) is 0 Å². The van der Waals surface area contributed by atoms with Crippen LogP contribution in [0.25, 0.3) is 0 Å². The second-order valence-electron chi connectivity index (χ2n) is 3.16. The zero-order valence-electron chi connectivity index (χ0n) is 9.15. The molecule has 1 aromatic rings. The predicted octanol–water partition coefficient (Wildman–Crippen LogP) is 1.95. The molecular weight excluding hydrogens is 208 g/mol. The van der Waals surface area contributed by atoms with E-state index in [9.17, 15) is 9.59 Å². The number of para-hydroxylation sites is 1. The molecular formula is C12H12O4. The van der Waals surface area contributed by atoms with Gasteiger partial charge in [-0.05, 0) is 19.1 Å². The van der Waals surface area contributed by atoms with E-state index >= 15 is 0 Å². The monoisotopic (exact) mass is 220 g/mol. The van der Waals surface area contributed by atoms with Crippen LogP contribution in [-0.2, 0) is 9.53 Å². The molecule has 0 saturated heterocycles. The molecule has 0 aliphatic heterocycles. The van der Waals surface area contributed by atoms with Crippen LogP contribution in [0.1, 0.15) is 17.3 Å². The highest BCUT2D eigenvalue weighted by molar-refractivity contribution is 5.95. The summed E-state index contributed by atoms with van der Waals surface area (Å²) in [5.41, 5.74) is 0.472. The van der Waals surface area contributed by atoms with Crippen LogP contribution in [0.15, 0.2) is 36.4 Å². The van der Waals surface area contributed by atoms with Crippen LogP contribution in [0, 0.1) is 0 Å². The quantitative estimate of drug-likeness (QED) is 0.444. The molecule has 0 bridgehead atoms. The Morgan fingerprint density at radius 1 is 1.25 bits per heavy atom. The van der Waals surface area contributed by atoms with Gasteiger partial charge >= 0.3 is 11.9 Å². The zero-order chi connectivity index (χ0) is 12.1. The van der Waals surface area contributed by atoms with Crippen molar-refractivity contribution in [3.63, 3.8) is 0 Å². The summed E-state index contributed by atoms with van der Waals surface area (Å²) in [6.45, 7) is 4.99. The highest BCUT2D eigenvalue weighted by Gasteiger charge is 2.15. The van der Waals surface area contributed by atoms with Gasteiger partial charge in [0.1, 0.15) is 11.3 Å². The Hall–Kier alpha value is -2.10. The molecule has 0 heterocycles. The summed E-state index contributed by atoms with van der Waals surface area (Å²) in [6.07, 6.45) is 0. The van der Waals surface area contributed by atoms with Crippen molar-refractivity contribution in [3.8, 4) is 5.75 Å². The summed E-state index contributed by atoms with van der Waals surface area (Å²) in [4.78, 5) is 22.7. The number of hydrogen-bond acceptors (Lipinski definition) is 4. The first kappa shape index (κ1) is 12.0. The van der Waals surface area contributed by atoms with Crippen molar-refractivity contribution in [2.75, 3.05) is 7.11 Å². The first-order chi connectivity index (χ1) is 7.56. The smallest absolute Gasteiger partial charge is 0.341 e. The van der Waals surface area contributed by atoms with Crippen LogP contribution < -0.4 is 4.74 Å². The number of methoxy groups -OCH3 is 1.